The molecule has 5 heteroatoms. The summed E-state index contributed by atoms with van der Waals surface area (Å²) in [5.74, 6) is -0.743. The first-order valence-electron chi connectivity index (χ1n) is 5.60. The van der Waals surface area contributed by atoms with E-state index in [1.807, 2.05) is 4.90 Å². The molecule has 1 aromatic rings. The molecule has 0 radical (unpaired) electrons. The van der Waals surface area contributed by atoms with Gasteiger partial charge in [0.15, 0.2) is 0 Å². The Morgan fingerprint density at radius 2 is 2.00 bits per heavy atom. The van der Waals surface area contributed by atoms with Gasteiger partial charge in [0.1, 0.15) is 0 Å². The number of hydrogen-bond acceptors (Lipinski definition) is 3. The van der Waals surface area contributed by atoms with Gasteiger partial charge in [-0.1, -0.05) is 6.07 Å². The zero-order valence-corrected chi connectivity index (χ0v) is 11.6. The third-order valence-electron chi connectivity index (χ3n) is 2.90. The highest BCUT2D eigenvalue weighted by Crippen LogP contribution is 2.18. The van der Waals surface area contributed by atoms with Crippen LogP contribution in [0.15, 0.2) is 24.3 Å². The van der Waals surface area contributed by atoms with Gasteiger partial charge in [0.25, 0.3) is 0 Å². The zero-order chi connectivity index (χ0) is 12.3. The minimum Gasteiger partial charge on any atom is -0.480 e. The minimum absolute atomic E-state index is 0.153. The zero-order valence-electron chi connectivity index (χ0n) is 9.47. The van der Waals surface area contributed by atoms with Gasteiger partial charge in [0.05, 0.1) is 6.54 Å². The van der Waals surface area contributed by atoms with Crippen LogP contribution in [0.3, 0.4) is 0 Å². The number of carboxylic acids is 1. The molecule has 0 spiro atoms. The molecule has 1 fully saturated rings. The van der Waals surface area contributed by atoms with Crippen LogP contribution in [0.5, 0.6) is 0 Å². The Morgan fingerprint density at radius 3 is 2.59 bits per heavy atom. The molecule has 1 aromatic carbocycles. The lowest BCUT2D eigenvalue weighted by molar-refractivity contribution is -0.138. The van der Waals surface area contributed by atoms with Crippen LogP contribution in [-0.2, 0) is 4.79 Å². The number of aliphatic carboxylic acids is 1. The monoisotopic (exact) mass is 346 g/mol. The molecule has 1 aliphatic heterocycles. The number of hydrogen-bond donors (Lipinski definition) is 1. The van der Waals surface area contributed by atoms with E-state index in [-0.39, 0.29) is 6.54 Å². The van der Waals surface area contributed by atoms with Crippen LogP contribution in [0.25, 0.3) is 0 Å². The van der Waals surface area contributed by atoms with Crippen molar-refractivity contribution in [2.24, 2.45) is 0 Å². The molecule has 1 N–H and O–H groups in total. The molecule has 0 bridgehead atoms. The van der Waals surface area contributed by atoms with Gasteiger partial charge in [0, 0.05) is 35.4 Å². The van der Waals surface area contributed by atoms with Crippen LogP contribution in [-0.4, -0.2) is 48.7 Å². The van der Waals surface area contributed by atoms with Gasteiger partial charge < -0.3 is 10.0 Å². The van der Waals surface area contributed by atoms with Gasteiger partial charge in [-0.15, -0.1) is 0 Å². The van der Waals surface area contributed by atoms with Crippen molar-refractivity contribution in [2.75, 3.05) is 37.6 Å². The maximum Gasteiger partial charge on any atom is 0.317 e. The topological polar surface area (TPSA) is 43.8 Å². The smallest absolute Gasteiger partial charge is 0.317 e. The molecule has 2 rings (SSSR count). The Hall–Kier alpha value is -0.820. The molecule has 4 nitrogen and oxygen atoms in total. The summed E-state index contributed by atoms with van der Waals surface area (Å²) in [5, 5.41) is 8.73. The van der Waals surface area contributed by atoms with Gasteiger partial charge in [-0.2, -0.15) is 0 Å². The van der Waals surface area contributed by atoms with Gasteiger partial charge in [0.2, 0.25) is 0 Å². The average molecular weight is 346 g/mol. The largest absolute Gasteiger partial charge is 0.480 e. The Labute approximate surface area is 114 Å². The molecule has 0 aliphatic carbocycles. The average Bonchev–Trinajstić information content (AvgIpc) is 2.29. The fourth-order valence-corrected chi connectivity index (χ4v) is 2.55. The fraction of sp³-hybridized carbons (Fsp3) is 0.417. The number of halogens is 1. The fourth-order valence-electron chi connectivity index (χ4n) is 2.03. The third-order valence-corrected chi connectivity index (χ3v) is 3.58. The highest BCUT2D eigenvalue weighted by molar-refractivity contribution is 14.1. The lowest BCUT2D eigenvalue weighted by Gasteiger charge is -2.35. The van der Waals surface area contributed by atoms with Gasteiger partial charge in [-0.25, -0.2) is 0 Å². The summed E-state index contributed by atoms with van der Waals surface area (Å²) < 4.78 is 1.23. The van der Waals surface area contributed by atoms with Crippen molar-refractivity contribution >= 4 is 34.2 Å². The second kappa shape index (κ2) is 5.68. The van der Waals surface area contributed by atoms with Crippen molar-refractivity contribution < 1.29 is 9.90 Å². The van der Waals surface area contributed by atoms with Crippen molar-refractivity contribution in [3.05, 3.63) is 27.8 Å². The molecule has 0 unspecified atom stereocenters. The summed E-state index contributed by atoms with van der Waals surface area (Å²) in [7, 11) is 0. The second-order valence-corrected chi connectivity index (χ2v) is 5.38. The molecule has 1 aliphatic rings. The third kappa shape index (κ3) is 3.57. The molecule has 0 saturated carbocycles. The number of carbonyl (C=O) groups is 1. The number of rotatable bonds is 3. The van der Waals surface area contributed by atoms with Gasteiger partial charge >= 0.3 is 5.97 Å². The van der Waals surface area contributed by atoms with Crippen LogP contribution in [0.4, 0.5) is 5.69 Å². The van der Waals surface area contributed by atoms with E-state index in [2.05, 4.69) is 51.8 Å². The summed E-state index contributed by atoms with van der Waals surface area (Å²) in [5.41, 5.74) is 1.23. The van der Waals surface area contributed by atoms with E-state index in [9.17, 15) is 4.79 Å². The van der Waals surface area contributed by atoms with Crippen LogP contribution < -0.4 is 4.90 Å². The first-order valence-corrected chi connectivity index (χ1v) is 6.68. The molecular formula is C12H15IN2O2. The van der Waals surface area contributed by atoms with Crippen molar-refractivity contribution in [3.63, 3.8) is 0 Å². The van der Waals surface area contributed by atoms with Crippen LogP contribution in [0.1, 0.15) is 0 Å². The summed E-state index contributed by atoms with van der Waals surface area (Å²) in [4.78, 5) is 14.9. The maximum atomic E-state index is 10.6. The molecule has 0 amide bonds. The van der Waals surface area contributed by atoms with Crippen molar-refractivity contribution in [3.8, 4) is 0 Å². The second-order valence-electron chi connectivity index (χ2n) is 4.14. The Morgan fingerprint density at radius 1 is 1.29 bits per heavy atom. The predicted octanol–water partition coefficient (Wildman–Crippen LogP) is 1.50. The summed E-state index contributed by atoms with van der Waals surface area (Å²) in [6.45, 7) is 3.58. The number of carboxylic acid groups (broad SMARTS) is 1. The summed E-state index contributed by atoms with van der Waals surface area (Å²) >= 11 is 2.31. The van der Waals surface area contributed by atoms with E-state index < -0.39 is 5.97 Å². The number of benzene rings is 1. The minimum atomic E-state index is -0.743. The van der Waals surface area contributed by atoms with Gasteiger partial charge in [-0.05, 0) is 40.8 Å². The summed E-state index contributed by atoms with van der Waals surface area (Å²) in [6, 6.07) is 8.40. The highest BCUT2D eigenvalue weighted by Gasteiger charge is 2.18. The Bertz CT molecular complexity index is 403. The van der Waals surface area contributed by atoms with Crippen molar-refractivity contribution in [2.45, 2.75) is 0 Å². The lowest BCUT2D eigenvalue weighted by Crippen LogP contribution is -2.48. The summed E-state index contributed by atoms with van der Waals surface area (Å²) in [6.07, 6.45) is 0. The highest BCUT2D eigenvalue weighted by atomic mass is 127. The molecular weight excluding hydrogens is 331 g/mol. The SMILES string of the molecule is O=C(O)CN1CCN(c2cccc(I)c2)CC1. The first-order chi connectivity index (χ1) is 8.15. The molecule has 0 aromatic heterocycles. The Balaban J connectivity index is 1.93. The standard InChI is InChI=1S/C12H15IN2O2/c13-10-2-1-3-11(8-10)15-6-4-14(5-7-15)9-12(16)17/h1-3,8H,4-7,9H2,(H,16,17). The van der Waals surface area contributed by atoms with Crippen LogP contribution >= 0.6 is 22.6 Å². The van der Waals surface area contributed by atoms with E-state index in [1.54, 1.807) is 0 Å². The number of nitrogens with zero attached hydrogens (tertiary/aromatic N) is 2. The molecule has 1 heterocycles. The lowest BCUT2D eigenvalue weighted by atomic mass is 10.2. The van der Waals surface area contributed by atoms with E-state index in [1.165, 1.54) is 9.26 Å². The van der Waals surface area contributed by atoms with E-state index in [4.69, 9.17) is 5.11 Å². The molecule has 0 atom stereocenters. The van der Waals surface area contributed by atoms with Crippen molar-refractivity contribution in [1.29, 1.82) is 0 Å². The molecule has 92 valence electrons. The maximum absolute atomic E-state index is 10.6. The molecule has 1 saturated heterocycles. The quantitative estimate of drug-likeness (QED) is 0.843. The molecule has 17 heavy (non-hydrogen) atoms. The first kappa shape index (κ1) is 12.6. The number of piperazine rings is 1. The van der Waals surface area contributed by atoms with E-state index >= 15 is 0 Å². The van der Waals surface area contributed by atoms with Crippen molar-refractivity contribution in [1.82, 2.24) is 4.90 Å². The van der Waals surface area contributed by atoms with Gasteiger partial charge in [-0.3, -0.25) is 9.69 Å². The predicted molar refractivity (Wildman–Crippen MR) is 75.4 cm³/mol. The number of anilines is 1. The van der Waals surface area contributed by atoms with Crippen LogP contribution in [0.2, 0.25) is 0 Å². The Kier molecular flexibility index (Phi) is 4.22. The van der Waals surface area contributed by atoms with E-state index in [0.29, 0.717) is 0 Å². The van der Waals surface area contributed by atoms with E-state index in [0.717, 1.165) is 26.2 Å². The van der Waals surface area contributed by atoms with Crippen LogP contribution in [0, 0.1) is 3.57 Å². The normalized spacial score (nSPS) is 17.1.